The Kier molecular flexibility index (Phi) is 4.81. The van der Waals surface area contributed by atoms with Crippen LogP contribution in [-0.2, 0) is 13.1 Å². The zero-order valence-electron chi connectivity index (χ0n) is 13.1. The molecule has 2 aromatic carbocycles. The van der Waals surface area contributed by atoms with Crippen molar-refractivity contribution in [3.8, 4) is 0 Å². The fourth-order valence-corrected chi connectivity index (χ4v) is 2.43. The zero-order valence-corrected chi connectivity index (χ0v) is 13.1. The van der Waals surface area contributed by atoms with E-state index >= 15 is 0 Å². The first-order valence-corrected chi connectivity index (χ1v) is 7.64. The van der Waals surface area contributed by atoms with Crippen LogP contribution in [0.4, 0.5) is 0 Å². The Morgan fingerprint density at radius 2 is 1.46 bits per heavy atom. The maximum absolute atomic E-state index is 12.8. The third kappa shape index (κ3) is 3.95. The number of carbonyl (C=O) groups excluding carboxylic acids is 1. The minimum atomic E-state index is -0.329. The highest BCUT2D eigenvalue weighted by atomic mass is 16.2. The Hall–Kier alpha value is -3.21. The summed E-state index contributed by atoms with van der Waals surface area (Å²) < 4.78 is 0. The molecule has 0 aliphatic heterocycles. The van der Waals surface area contributed by atoms with Crippen molar-refractivity contribution >= 4 is 5.91 Å². The maximum atomic E-state index is 12.8. The quantitative estimate of drug-likeness (QED) is 0.786. The average molecular weight is 319 g/mol. The lowest BCUT2D eigenvalue weighted by atomic mass is 10.1. The number of aromatic amines is 1. The number of H-pyrrole nitrogens is 1. The van der Waals surface area contributed by atoms with Crippen molar-refractivity contribution in [3.05, 3.63) is 100 Å². The summed E-state index contributed by atoms with van der Waals surface area (Å²) >= 11 is 0. The van der Waals surface area contributed by atoms with Crippen molar-refractivity contribution in [1.82, 2.24) is 14.9 Å². The van der Waals surface area contributed by atoms with Gasteiger partial charge in [0, 0.05) is 19.3 Å². The molecule has 0 radical (unpaired) electrons. The van der Waals surface area contributed by atoms with E-state index in [1.54, 1.807) is 4.90 Å². The van der Waals surface area contributed by atoms with Crippen LogP contribution in [0.3, 0.4) is 0 Å². The zero-order chi connectivity index (χ0) is 16.8. The standard InChI is InChI=1S/C19H17N3O2/c23-18-12-20-17(11-21-18)19(24)22(13-15-7-3-1-4-8-15)14-16-9-5-2-6-10-16/h1-12H,13-14H2,(H,21,23). The van der Waals surface area contributed by atoms with E-state index in [1.165, 1.54) is 6.20 Å². The minimum Gasteiger partial charge on any atom is -0.329 e. The molecule has 3 rings (SSSR count). The van der Waals surface area contributed by atoms with Crippen molar-refractivity contribution in [2.24, 2.45) is 0 Å². The Labute approximate surface area is 139 Å². The topological polar surface area (TPSA) is 66.1 Å². The van der Waals surface area contributed by atoms with Crippen LogP contribution in [0, 0.1) is 0 Å². The molecule has 0 bridgehead atoms. The van der Waals surface area contributed by atoms with Crippen molar-refractivity contribution in [2.45, 2.75) is 13.1 Å². The number of aromatic nitrogens is 2. The number of carbonyl (C=O) groups is 1. The van der Waals surface area contributed by atoms with E-state index in [-0.39, 0.29) is 17.2 Å². The summed E-state index contributed by atoms with van der Waals surface area (Å²) in [6, 6.07) is 19.6. The number of nitrogens with one attached hydrogen (secondary N) is 1. The molecule has 3 aromatic rings. The number of hydrogen-bond donors (Lipinski definition) is 1. The molecular formula is C19H17N3O2. The Morgan fingerprint density at radius 1 is 0.917 bits per heavy atom. The lowest BCUT2D eigenvalue weighted by molar-refractivity contribution is 0.0723. The second-order valence-electron chi connectivity index (χ2n) is 5.43. The number of amides is 1. The fourth-order valence-electron chi connectivity index (χ4n) is 2.43. The van der Waals surface area contributed by atoms with E-state index in [4.69, 9.17) is 0 Å². The SMILES string of the molecule is O=C(c1c[nH]c(=O)cn1)N(Cc1ccccc1)Cc1ccccc1. The van der Waals surface area contributed by atoms with Crippen molar-refractivity contribution in [1.29, 1.82) is 0 Å². The monoisotopic (exact) mass is 319 g/mol. The summed E-state index contributed by atoms with van der Waals surface area (Å²) in [5.74, 6) is -0.223. The minimum absolute atomic E-state index is 0.223. The highest BCUT2D eigenvalue weighted by Crippen LogP contribution is 2.12. The maximum Gasteiger partial charge on any atom is 0.274 e. The van der Waals surface area contributed by atoms with Gasteiger partial charge in [0.1, 0.15) is 5.69 Å². The number of rotatable bonds is 5. The normalized spacial score (nSPS) is 10.3. The summed E-state index contributed by atoms with van der Waals surface area (Å²) in [5, 5.41) is 0. The lowest BCUT2D eigenvalue weighted by Crippen LogP contribution is -2.31. The van der Waals surface area contributed by atoms with E-state index in [2.05, 4.69) is 9.97 Å². The van der Waals surface area contributed by atoms with Gasteiger partial charge in [-0.3, -0.25) is 9.59 Å². The molecule has 5 heteroatoms. The highest BCUT2D eigenvalue weighted by Gasteiger charge is 2.18. The molecule has 0 spiro atoms. The van der Waals surface area contributed by atoms with Crippen molar-refractivity contribution in [2.75, 3.05) is 0 Å². The number of hydrogen-bond acceptors (Lipinski definition) is 3. The highest BCUT2D eigenvalue weighted by molar-refractivity contribution is 5.91. The van der Waals surface area contributed by atoms with Gasteiger partial charge in [0.25, 0.3) is 11.5 Å². The summed E-state index contributed by atoms with van der Waals surface area (Å²) in [7, 11) is 0. The van der Waals surface area contributed by atoms with Crippen LogP contribution in [0.15, 0.2) is 77.9 Å². The van der Waals surface area contributed by atoms with Gasteiger partial charge in [0.2, 0.25) is 0 Å². The molecule has 120 valence electrons. The van der Waals surface area contributed by atoms with E-state index < -0.39 is 0 Å². The van der Waals surface area contributed by atoms with Gasteiger partial charge in [-0.2, -0.15) is 0 Å². The van der Waals surface area contributed by atoms with Crippen LogP contribution in [0.5, 0.6) is 0 Å². The van der Waals surface area contributed by atoms with Gasteiger partial charge in [0.15, 0.2) is 0 Å². The molecule has 24 heavy (non-hydrogen) atoms. The Bertz CT molecular complexity index is 799. The Morgan fingerprint density at radius 3 is 1.92 bits per heavy atom. The second kappa shape index (κ2) is 7.37. The number of nitrogens with zero attached hydrogens (tertiary/aromatic N) is 2. The third-order valence-corrected chi connectivity index (χ3v) is 3.61. The second-order valence-corrected chi connectivity index (χ2v) is 5.43. The van der Waals surface area contributed by atoms with Crippen LogP contribution >= 0.6 is 0 Å². The molecule has 0 atom stereocenters. The molecule has 0 unspecified atom stereocenters. The molecule has 1 amide bonds. The smallest absolute Gasteiger partial charge is 0.274 e. The first kappa shape index (κ1) is 15.7. The molecule has 0 aliphatic rings. The van der Waals surface area contributed by atoms with Crippen LogP contribution in [0.1, 0.15) is 21.6 Å². The van der Waals surface area contributed by atoms with Gasteiger partial charge in [-0.05, 0) is 11.1 Å². The number of benzene rings is 2. The van der Waals surface area contributed by atoms with Crippen LogP contribution < -0.4 is 5.56 Å². The van der Waals surface area contributed by atoms with Gasteiger partial charge in [-0.25, -0.2) is 4.98 Å². The summed E-state index contributed by atoms with van der Waals surface area (Å²) in [5.41, 5.74) is 1.96. The molecule has 0 saturated carbocycles. The summed E-state index contributed by atoms with van der Waals surface area (Å²) in [4.78, 5) is 32.1. The van der Waals surface area contributed by atoms with Crippen molar-refractivity contribution < 1.29 is 4.79 Å². The summed E-state index contributed by atoms with van der Waals surface area (Å²) in [6.07, 6.45) is 2.48. The van der Waals surface area contributed by atoms with E-state index in [0.29, 0.717) is 13.1 Å². The molecule has 0 saturated heterocycles. The molecule has 5 nitrogen and oxygen atoms in total. The Balaban J connectivity index is 1.87. The molecule has 0 fully saturated rings. The largest absolute Gasteiger partial charge is 0.329 e. The van der Waals surface area contributed by atoms with Gasteiger partial charge in [-0.15, -0.1) is 0 Å². The van der Waals surface area contributed by atoms with E-state index in [0.717, 1.165) is 17.3 Å². The predicted molar refractivity (Wildman–Crippen MR) is 91.3 cm³/mol. The first-order chi connectivity index (χ1) is 11.7. The molecule has 1 N–H and O–H groups in total. The third-order valence-electron chi connectivity index (χ3n) is 3.61. The van der Waals surface area contributed by atoms with Gasteiger partial charge in [-0.1, -0.05) is 60.7 Å². The lowest BCUT2D eigenvalue weighted by Gasteiger charge is -2.22. The molecule has 1 heterocycles. The van der Waals surface area contributed by atoms with Crippen LogP contribution in [-0.4, -0.2) is 20.8 Å². The molecule has 0 aliphatic carbocycles. The average Bonchev–Trinajstić information content (AvgIpc) is 2.63. The van der Waals surface area contributed by atoms with Crippen LogP contribution in [0.2, 0.25) is 0 Å². The van der Waals surface area contributed by atoms with Crippen molar-refractivity contribution in [3.63, 3.8) is 0 Å². The van der Waals surface area contributed by atoms with Gasteiger partial charge in [0.05, 0.1) is 6.20 Å². The first-order valence-electron chi connectivity index (χ1n) is 7.64. The van der Waals surface area contributed by atoms with Crippen LogP contribution in [0.25, 0.3) is 0 Å². The van der Waals surface area contributed by atoms with Gasteiger partial charge < -0.3 is 9.88 Å². The summed E-state index contributed by atoms with van der Waals surface area (Å²) in [6.45, 7) is 0.935. The van der Waals surface area contributed by atoms with Gasteiger partial charge >= 0.3 is 0 Å². The molecular weight excluding hydrogens is 302 g/mol. The van der Waals surface area contributed by atoms with E-state index in [9.17, 15) is 9.59 Å². The molecule has 1 aromatic heterocycles. The predicted octanol–water partition coefficient (Wildman–Crippen LogP) is 2.61. The van der Waals surface area contributed by atoms with E-state index in [1.807, 2.05) is 60.7 Å². The fraction of sp³-hybridized carbons (Fsp3) is 0.105.